The molecule has 1 fully saturated rings. The van der Waals surface area contributed by atoms with Crippen LogP contribution >= 0.6 is 11.8 Å². The second-order valence-corrected chi connectivity index (χ2v) is 8.61. The zero-order valence-corrected chi connectivity index (χ0v) is 13.8. The van der Waals surface area contributed by atoms with Gasteiger partial charge >= 0.3 is 0 Å². The number of benzene rings is 1. The number of hydrogen-bond acceptors (Lipinski definition) is 3. The van der Waals surface area contributed by atoms with Crippen molar-refractivity contribution in [3.63, 3.8) is 0 Å². The molecule has 1 saturated heterocycles. The zero-order valence-electron chi connectivity index (χ0n) is 12.2. The molecule has 1 aromatic carbocycles. The molecule has 2 atom stereocenters. The standard InChI is InChI=1S/C14H20FNO2S2/c1-9-7-13(15)8-10(2)14(9)20(17,18)16-5-6-19-12(4)11(16)3/h7-8,11-12H,5-6H2,1-4H3. The normalized spacial score (nSPS) is 24.9. The molecule has 1 aliphatic rings. The Hall–Kier alpha value is -0.590. The first-order chi connectivity index (χ1) is 9.25. The Balaban J connectivity index is 2.50. The molecule has 0 radical (unpaired) electrons. The highest BCUT2D eigenvalue weighted by Gasteiger charge is 2.36. The largest absolute Gasteiger partial charge is 0.243 e. The molecule has 0 N–H and O–H groups in total. The lowest BCUT2D eigenvalue weighted by Gasteiger charge is -2.37. The third-order valence-electron chi connectivity index (χ3n) is 3.82. The van der Waals surface area contributed by atoms with Crippen molar-refractivity contribution in [3.8, 4) is 0 Å². The fourth-order valence-corrected chi connectivity index (χ4v) is 6.08. The van der Waals surface area contributed by atoms with Gasteiger partial charge in [-0.2, -0.15) is 16.1 Å². The molecular weight excluding hydrogens is 297 g/mol. The Morgan fingerprint density at radius 3 is 2.35 bits per heavy atom. The highest BCUT2D eigenvalue weighted by Crippen LogP contribution is 2.32. The molecule has 6 heteroatoms. The summed E-state index contributed by atoms with van der Waals surface area (Å²) in [6.07, 6.45) is 0. The van der Waals surface area contributed by atoms with Crippen molar-refractivity contribution >= 4 is 21.8 Å². The fourth-order valence-electron chi connectivity index (χ4n) is 2.67. The predicted octanol–water partition coefficient (Wildman–Crippen LogP) is 2.96. The number of sulfonamides is 1. The third-order valence-corrected chi connectivity index (χ3v) is 7.45. The van der Waals surface area contributed by atoms with Crippen molar-refractivity contribution in [3.05, 3.63) is 29.1 Å². The molecule has 0 spiro atoms. The maximum absolute atomic E-state index is 13.4. The number of hydrogen-bond donors (Lipinski definition) is 0. The van der Waals surface area contributed by atoms with E-state index in [9.17, 15) is 12.8 Å². The monoisotopic (exact) mass is 317 g/mol. The van der Waals surface area contributed by atoms with Crippen molar-refractivity contribution in [2.24, 2.45) is 0 Å². The molecule has 0 aliphatic carbocycles. The topological polar surface area (TPSA) is 37.4 Å². The van der Waals surface area contributed by atoms with Crippen LogP contribution in [0.5, 0.6) is 0 Å². The second kappa shape index (κ2) is 5.66. The van der Waals surface area contributed by atoms with E-state index in [2.05, 4.69) is 0 Å². The minimum Gasteiger partial charge on any atom is -0.207 e. The molecule has 2 unspecified atom stereocenters. The fraction of sp³-hybridized carbons (Fsp3) is 0.571. The van der Waals surface area contributed by atoms with Gasteiger partial charge in [-0.15, -0.1) is 0 Å². The number of thioether (sulfide) groups is 1. The third kappa shape index (κ3) is 2.73. The van der Waals surface area contributed by atoms with E-state index >= 15 is 0 Å². The number of rotatable bonds is 2. The summed E-state index contributed by atoms with van der Waals surface area (Å²) in [6.45, 7) is 7.78. The second-order valence-electron chi connectivity index (χ2n) is 5.30. The SMILES string of the molecule is Cc1cc(F)cc(C)c1S(=O)(=O)N1CCSC(C)C1C. The molecule has 0 amide bonds. The van der Waals surface area contributed by atoms with Gasteiger partial charge in [0.2, 0.25) is 10.0 Å². The highest BCUT2D eigenvalue weighted by molar-refractivity contribution is 8.00. The van der Waals surface area contributed by atoms with Crippen LogP contribution in [0.3, 0.4) is 0 Å². The number of halogens is 1. The smallest absolute Gasteiger partial charge is 0.207 e. The summed E-state index contributed by atoms with van der Waals surface area (Å²) in [5.74, 6) is 0.402. The first-order valence-electron chi connectivity index (χ1n) is 6.65. The van der Waals surface area contributed by atoms with E-state index in [1.807, 2.05) is 13.8 Å². The summed E-state index contributed by atoms with van der Waals surface area (Å²) in [4.78, 5) is 0.254. The Bertz CT molecular complexity index is 593. The predicted molar refractivity (Wildman–Crippen MR) is 81.1 cm³/mol. The average molecular weight is 317 g/mol. The van der Waals surface area contributed by atoms with E-state index in [1.54, 1.807) is 29.9 Å². The van der Waals surface area contributed by atoms with Crippen LogP contribution in [0.25, 0.3) is 0 Å². The van der Waals surface area contributed by atoms with Crippen LogP contribution in [-0.2, 0) is 10.0 Å². The lowest BCUT2D eigenvalue weighted by Crippen LogP contribution is -2.48. The van der Waals surface area contributed by atoms with Crippen molar-refractivity contribution in [1.29, 1.82) is 0 Å². The van der Waals surface area contributed by atoms with Crippen LogP contribution in [0.2, 0.25) is 0 Å². The quantitative estimate of drug-likeness (QED) is 0.841. The van der Waals surface area contributed by atoms with Crippen LogP contribution in [0.4, 0.5) is 4.39 Å². The van der Waals surface area contributed by atoms with Crippen LogP contribution in [0, 0.1) is 19.7 Å². The lowest BCUT2D eigenvalue weighted by atomic mass is 10.1. The molecule has 2 rings (SSSR count). The van der Waals surface area contributed by atoms with Crippen molar-refractivity contribution in [1.82, 2.24) is 4.31 Å². The van der Waals surface area contributed by atoms with Gasteiger partial charge in [0.05, 0.1) is 4.90 Å². The minimum absolute atomic E-state index is 0.0531. The molecule has 1 heterocycles. The van der Waals surface area contributed by atoms with E-state index in [-0.39, 0.29) is 16.2 Å². The summed E-state index contributed by atoms with van der Waals surface area (Å²) in [5, 5.41) is 0.264. The minimum atomic E-state index is -3.57. The van der Waals surface area contributed by atoms with Gasteiger partial charge in [0.1, 0.15) is 5.82 Å². The molecule has 20 heavy (non-hydrogen) atoms. The van der Waals surface area contributed by atoms with Gasteiger partial charge in [-0.1, -0.05) is 6.92 Å². The number of nitrogens with zero attached hydrogens (tertiary/aromatic N) is 1. The Kier molecular flexibility index (Phi) is 4.47. The molecule has 1 aliphatic heterocycles. The van der Waals surface area contributed by atoms with Crippen LogP contribution in [0.1, 0.15) is 25.0 Å². The van der Waals surface area contributed by atoms with Crippen molar-refractivity contribution in [2.45, 2.75) is 43.9 Å². The Morgan fingerprint density at radius 2 is 1.80 bits per heavy atom. The van der Waals surface area contributed by atoms with E-state index < -0.39 is 15.8 Å². The van der Waals surface area contributed by atoms with E-state index in [0.717, 1.165) is 5.75 Å². The van der Waals surface area contributed by atoms with E-state index in [0.29, 0.717) is 17.7 Å². The van der Waals surface area contributed by atoms with Gasteiger partial charge in [0.15, 0.2) is 0 Å². The summed E-state index contributed by atoms with van der Waals surface area (Å²) >= 11 is 1.79. The van der Waals surface area contributed by atoms with Crippen molar-refractivity contribution in [2.75, 3.05) is 12.3 Å². The van der Waals surface area contributed by atoms with Crippen LogP contribution < -0.4 is 0 Å². The van der Waals surface area contributed by atoms with Gasteiger partial charge in [-0.05, 0) is 44.0 Å². The van der Waals surface area contributed by atoms with Crippen molar-refractivity contribution < 1.29 is 12.8 Å². The molecular formula is C14H20FNO2S2. The van der Waals surface area contributed by atoms with Gasteiger partial charge in [0.25, 0.3) is 0 Å². The zero-order chi connectivity index (χ0) is 15.1. The van der Waals surface area contributed by atoms with Crippen LogP contribution in [0.15, 0.2) is 17.0 Å². The van der Waals surface area contributed by atoms with E-state index in [4.69, 9.17) is 0 Å². The molecule has 0 saturated carbocycles. The first-order valence-corrected chi connectivity index (χ1v) is 9.14. The summed E-state index contributed by atoms with van der Waals surface area (Å²) < 4.78 is 40.7. The highest BCUT2D eigenvalue weighted by atomic mass is 32.2. The Labute approximate surface area is 124 Å². The van der Waals surface area contributed by atoms with Gasteiger partial charge in [0, 0.05) is 23.6 Å². The maximum Gasteiger partial charge on any atom is 0.243 e. The van der Waals surface area contributed by atoms with E-state index in [1.165, 1.54) is 12.1 Å². The lowest BCUT2D eigenvalue weighted by molar-refractivity contribution is 0.340. The summed E-state index contributed by atoms with van der Waals surface area (Å²) in [6, 6.07) is 2.52. The molecule has 0 bridgehead atoms. The molecule has 3 nitrogen and oxygen atoms in total. The Morgan fingerprint density at radius 1 is 1.25 bits per heavy atom. The number of aryl methyl sites for hydroxylation is 2. The molecule has 1 aromatic rings. The van der Waals surface area contributed by atoms with Gasteiger partial charge in [-0.25, -0.2) is 12.8 Å². The average Bonchev–Trinajstić information content (AvgIpc) is 2.30. The van der Waals surface area contributed by atoms with Gasteiger partial charge in [-0.3, -0.25) is 0 Å². The van der Waals surface area contributed by atoms with Crippen LogP contribution in [-0.4, -0.2) is 36.3 Å². The molecule has 0 aromatic heterocycles. The molecule has 112 valence electrons. The summed E-state index contributed by atoms with van der Waals surface area (Å²) in [7, 11) is -3.57. The first kappa shape index (κ1) is 15.8. The summed E-state index contributed by atoms with van der Waals surface area (Å²) in [5.41, 5.74) is 0.946. The maximum atomic E-state index is 13.4. The van der Waals surface area contributed by atoms with Gasteiger partial charge < -0.3 is 0 Å².